The molecule has 1 spiro atoms. The van der Waals surface area contributed by atoms with Gasteiger partial charge in [-0.05, 0) is 38.3 Å². The van der Waals surface area contributed by atoms with Crippen molar-refractivity contribution in [1.29, 1.82) is 0 Å². The van der Waals surface area contributed by atoms with Crippen LogP contribution in [0.15, 0.2) is 21.5 Å². The van der Waals surface area contributed by atoms with Crippen molar-refractivity contribution < 1.29 is 13.9 Å². The SMILES string of the molecule is CCOC1CC(NC(=NC)NCc2ccc(C(N)=O)o2)C12CCC2.I. The Morgan fingerprint density at radius 1 is 1.48 bits per heavy atom. The molecular formula is C17H27IN4O3. The molecule has 2 fully saturated rings. The van der Waals surface area contributed by atoms with Gasteiger partial charge < -0.3 is 25.5 Å². The summed E-state index contributed by atoms with van der Waals surface area (Å²) in [6.07, 6.45) is 5.09. The first-order chi connectivity index (χ1) is 11.6. The Kier molecular flexibility index (Phi) is 6.72. The standard InChI is InChI=1S/C17H26N4O3.HI/c1-3-23-14-9-13(17(14)7-4-8-17)21-16(19-2)20-10-11-5-6-12(24-11)15(18)22;/h5-6,13-14H,3-4,7-10H2,1-2H3,(H2,18,22)(H2,19,20,21);1H. The molecule has 0 aromatic carbocycles. The van der Waals surface area contributed by atoms with Gasteiger partial charge in [0.1, 0.15) is 5.76 Å². The number of nitrogens with two attached hydrogens (primary N) is 1. The van der Waals surface area contributed by atoms with E-state index in [4.69, 9.17) is 14.9 Å². The molecule has 2 saturated carbocycles. The zero-order chi connectivity index (χ0) is 17.2. The molecule has 4 N–H and O–H groups in total. The van der Waals surface area contributed by atoms with Crippen LogP contribution in [0.3, 0.4) is 0 Å². The molecule has 0 aliphatic heterocycles. The lowest BCUT2D eigenvalue weighted by Crippen LogP contribution is -2.68. The van der Waals surface area contributed by atoms with Gasteiger partial charge in [-0.3, -0.25) is 9.79 Å². The number of hydrogen-bond donors (Lipinski definition) is 3. The number of hydrogen-bond acceptors (Lipinski definition) is 4. The number of nitrogens with zero attached hydrogens (tertiary/aromatic N) is 1. The highest BCUT2D eigenvalue weighted by Gasteiger charge is 2.59. The number of rotatable bonds is 6. The third kappa shape index (κ3) is 3.94. The van der Waals surface area contributed by atoms with Crippen LogP contribution in [-0.2, 0) is 11.3 Å². The van der Waals surface area contributed by atoms with E-state index in [1.807, 2.05) is 0 Å². The van der Waals surface area contributed by atoms with E-state index in [0.717, 1.165) is 19.0 Å². The van der Waals surface area contributed by atoms with Crippen LogP contribution in [0, 0.1) is 5.41 Å². The fraction of sp³-hybridized carbons (Fsp3) is 0.647. The van der Waals surface area contributed by atoms with Crippen LogP contribution in [0.1, 0.15) is 48.9 Å². The second-order valence-electron chi connectivity index (χ2n) is 6.52. The lowest BCUT2D eigenvalue weighted by Gasteiger charge is -2.61. The van der Waals surface area contributed by atoms with Gasteiger partial charge >= 0.3 is 0 Å². The number of primary amides is 1. The summed E-state index contributed by atoms with van der Waals surface area (Å²) in [7, 11) is 1.75. The predicted octanol–water partition coefficient (Wildman–Crippen LogP) is 2.01. The molecule has 1 amide bonds. The van der Waals surface area contributed by atoms with Crippen molar-refractivity contribution in [2.24, 2.45) is 16.1 Å². The summed E-state index contributed by atoms with van der Waals surface area (Å²) in [5, 5.41) is 6.73. The molecule has 7 nitrogen and oxygen atoms in total. The van der Waals surface area contributed by atoms with Gasteiger partial charge in [0.25, 0.3) is 5.91 Å². The van der Waals surface area contributed by atoms with Crippen molar-refractivity contribution >= 4 is 35.8 Å². The Bertz CT molecular complexity index is 627. The molecule has 140 valence electrons. The number of halogens is 1. The molecule has 0 bridgehead atoms. The van der Waals surface area contributed by atoms with Gasteiger partial charge in [0.2, 0.25) is 0 Å². The van der Waals surface area contributed by atoms with E-state index in [1.165, 1.54) is 19.3 Å². The summed E-state index contributed by atoms with van der Waals surface area (Å²) in [4.78, 5) is 15.3. The van der Waals surface area contributed by atoms with Gasteiger partial charge in [0.15, 0.2) is 11.7 Å². The minimum absolute atomic E-state index is 0. The van der Waals surface area contributed by atoms with E-state index in [9.17, 15) is 4.79 Å². The number of carbonyl (C=O) groups excluding carboxylic acids is 1. The number of furan rings is 1. The summed E-state index contributed by atoms with van der Waals surface area (Å²) >= 11 is 0. The quantitative estimate of drug-likeness (QED) is 0.341. The third-order valence-electron chi connectivity index (χ3n) is 5.31. The highest BCUT2D eigenvalue weighted by molar-refractivity contribution is 14.0. The zero-order valence-corrected chi connectivity index (χ0v) is 17.0. The van der Waals surface area contributed by atoms with Crippen LogP contribution in [0.5, 0.6) is 0 Å². The first-order valence-electron chi connectivity index (χ1n) is 8.56. The minimum atomic E-state index is -0.563. The Morgan fingerprint density at radius 2 is 2.24 bits per heavy atom. The fourth-order valence-electron chi connectivity index (χ4n) is 3.78. The summed E-state index contributed by atoms with van der Waals surface area (Å²) in [5.41, 5.74) is 5.46. The minimum Gasteiger partial charge on any atom is -0.454 e. The van der Waals surface area contributed by atoms with Gasteiger partial charge in [0, 0.05) is 25.1 Å². The monoisotopic (exact) mass is 462 g/mol. The normalized spacial score (nSPS) is 24.0. The molecular weight excluding hydrogens is 435 g/mol. The fourth-order valence-corrected chi connectivity index (χ4v) is 3.78. The van der Waals surface area contributed by atoms with Crippen LogP contribution in [-0.4, -0.2) is 37.7 Å². The molecule has 25 heavy (non-hydrogen) atoms. The van der Waals surface area contributed by atoms with Crippen LogP contribution >= 0.6 is 24.0 Å². The van der Waals surface area contributed by atoms with E-state index in [-0.39, 0.29) is 35.2 Å². The highest BCUT2D eigenvalue weighted by Crippen LogP contribution is 2.57. The number of guanidine groups is 1. The topological polar surface area (TPSA) is 102 Å². The molecule has 2 aliphatic rings. The third-order valence-corrected chi connectivity index (χ3v) is 5.31. The molecule has 1 heterocycles. The Hall–Kier alpha value is -1.29. The maximum absolute atomic E-state index is 11.1. The first kappa shape index (κ1) is 20.0. The van der Waals surface area contributed by atoms with E-state index in [2.05, 4.69) is 22.5 Å². The highest BCUT2D eigenvalue weighted by atomic mass is 127. The predicted molar refractivity (Wildman–Crippen MR) is 106 cm³/mol. The van der Waals surface area contributed by atoms with Crippen molar-refractivity contribution in [3.8, 4) is 0 Å². The molecule has 0 radical (unpaired) electrons. The van der Waals surface area contributed by atoms with E-state index < -0.39 is 5.91 Å². The largest absolute Gasteiger partial charge is 0.454 e. The van der Waals surface area contributed by atoms with Gasteiger partial charge in [-0.1, -0.05) is 6.42 Å². The lowest BCUT2D eigenvalue weighted by molar-refractivity contribution is -0.168. The average Bonchev–Trinajstić information content (AvgIpc) is 2.97. The number of aliphatic imine (C=N–C) groups is 1. The van der Waals surface area contributed by atoms with E-state index in [0.29, 0.717) is 24.5 Å². The summed E-state index contributed by atoms with van der Waals surface area (Å²) in [5.74, 6) is 0.984. The second-order valence-corrected chi connectivity index (χ2v) is 6.52. The van der Waals surface area contributed by atoms with Crippen LogP contribution in [0.4, 0.5) is 0 Å². The van der Waals surface area contributed by atoms with Gasteiger partial charge in [-0.25, -0.2) is 0 Å². The van der Waals surface area contributed by atoms with Crippen molar-refractivity contribution in [2.75, 3.05) is 13.7 Å². The summed E-state index contributed by atoms with van der Waals surface area (Å²) in [6, 6.07) is 3.71. The number of ether oxygens (including phenoxy) is 1. The van der Waals surface area contributed by atoms with Crippen molar-refractivity contribution in [2.45, 2.75) is 51.3 Å². The smallest absolute Gasteiger partial charge is 0.284 e. The average molecular weight is 462 g/mol. The lowest BCUT2D eigenvalue weighted by atomic mass is 9.51. The van der Waals surface area contributed by atoms with Crippen molar-refractivity contribution in [1.82, 2.24) is 10.6 Å². The Labute approximate surface area is 165 Å². The summed E-state index contributed by atoms with van der Waals surface area (Å²) < 4.78 is 11.2. The molecule has 1 aromatic rings. The molecule has 8 heteroatoms. The molecule has 3 rings (SSSR count). The molecule has 0 saturated heterocycles. The van der Waals surface area contributed by atoms with Gasteiger partial charge in [-0.2, -0.15) is 0 Å². The Balaban J connectivity index is 0.00000225. The number of carbonyl (C=O) groups is 1. The number of nitrogens with one attached hydrogen (secondary N) is 2. The molecule has 2 unspecified atom stereocenters. The van der Waals surface area contributed by atoms with Crippen LogP contribution in [0.2, 0.25) is 0 Å². The maximum Gasteiger partial charge on any atom is 0.284 e. The van der Waals surface area contributed by atoms with Crippen LogP contribution < -0.4 is 16.4 Å². The van der Waals surface area contributed by atoms with Crippen molar-refractivity contribution in [3.63, 3.8) is 0 Å². The Morgan fingerprint density at radius 3 is 2.76 bits per heavy atom. The number of amides is 1. The first-order valence-corrected chi connectivity index (χ1v) is 8.56. The van der Waals surface area contributed by atoms with E-state index in [1.54, 1.807) is 19.2 Å². The molecule has 2 aliphatic carbocycles. The molecule has 2 atom stereocenters. The zero-order valence-electron chi connectivity index (χ0n) is 14.7. The van der Waals surface area contributed by atoms with Gasteiger partial charge in [0.05, 0.1) is 12.6 Å². The second kappa shape index (κ2) is 8.39. The van der Waals surface area contributed by atoms with Crippen molar-refractivity contribution in [3.05, 3.63) is 23.7 Å². The maximum atomic E-state index is 11.1. The summed E-state index contributed by atoms with van der Waals surface area (Å²) in [6.45, 7) is 3.27. The van der Waals surface area contributed by atoms with E-state index >= 15 is 0 Å². The van der Waals surface area contributed by atoms with Gasteiger partial charge in [-0.15, -0.1) is 24.0 Å². The molecule has 1 aromatic heterocycles. The van der Waals surface area contributed by atoms with Crippen LogP contribution in [0.25, 0.3) is 0 Å².